The van der Waals surface area contributed by atoms with E-state index in [-0.39, 0.29) is 18.3 Å². The molecule has 5 heteroatoms. The zero-order valence-electron chi connectivity index (χ0n) is 11.8. The van der Waals surface area contributed by atoms with Crippen molar-refractivity contribution in [1.82, 2.24) is 0 Å². The summed E-state index contributed by atoms with van der Waals surface area (Å²) in [7, 11) is 0. The molecular formula is C16H18N2O3. The van der Waals surface area contributed by atoms with E-state index in [4.69, 9.17) is 0 Å². The summed E-state index contributed by atoms with van der Waals surface area (Å²) < 4.78 is 0. The Balaban J connectivity index is 2.15. The Morgan fingerprint density at radius 1 is 1.19 bits per heavy atom. The third-order valence-corrected chi connectivity index (χ3v) is 3.41. The first-order chi connectivity index (χ1) is 10.1. The van der Waals surface area contributed by atoms with Gasteiger partial charge in [0.1, 0.15) is 0 Å². The van der Waals surface area contributed by atoms with Crippen LogP contribution in [0.25, 0.3) is 0 Å². The molecule has 2 aromatic rings. The number of benzene rings is 2. The van der Waals surface area contributed by atoms with Gasteiger partial charge in [0.05, 0.1) is 17.6 Å². The molecule has 0 aliphatic rings. The number of aliphatic hydroxyl groups excluding tert-OH is 1. The van der Waals surface area contributed by atoms with Crippen molar-refractivity contribution in [2.45, 2.75) is 19.4 Å². The van der Waals surface area contributed by atoms with Crippen molar-refractivity contribution in [2.75, 3.05) is 11.9 Å². The number of nitro groups is 1. The molecule has 5 nitrogen and oxygen atoms in total. The van der Waals surface area contributed by atoms with E-state index in [9.17, 15) is 15.2 Å². The highest BCUT2D eigenvalue weighted by Crippen LogP contribution is 2.25. The number of nitro benzene ring substituents is 1. The Morgan fingerprint density at radius 2 is 1.90 bits per heavy atom. The van der Waals surface area contributed by atoms with Gasteiger partial charge < -0.3 is 10.4 Å². The molecule has 0 aliphatic carbocycles. The van der Waals surface area contributed by atoms with Gasteiger partial charge in [-0.05, 0) is 25.0 Å². The molecule has 0 bridgehead atoms. The second kappa shape index (κ2) is 6.85. The van der Waals surface area contributed by atoms with Crippen LogP contribution in [0.15, 0.2) is 48.5 Å². The van der Waals surface area contributed by atoms with Crippen LogP contribution in [0.2, 0.25) is 0 Å². The summed E-state index contributed by atoms with van der Waals surface area (Å²) in [6, 6.07) is 14.5. The lowest BCUT2D eigenvalue weighted by Crippen LogP contribution is -2.26. The highest BCUT2D eigenvalue weighted by Gasteiger charge is 2.16. The van der Waals surface area contributed by atoms with E-state index in [0.717, 1.165) is 5.56 Å². The number of anilines is 1. The van der Waals surface area contributed by atoms with Crippen LogP contribution in [-0.4, -0.2) is 22.7 Å². The van der Waals surface area contributed by atoms with Gasteiger partial charge in [0.2, 0.25) is 0 Å². The van der Waals surface area contributed by atoms with E-state index in [0.29, 0.717) is 17.7 Å². The molecule has 1 atom stereocenters. The number of nitrogens with one attached hydrogen (secondary N) is 1. The quantitative estimate of drug-likeness (QED) is 0.632. The predicted molar refractivity (Wildman–Crippen MR) is 82.5 cm³/mol. The van der Waals surface area contributed by atoms with E-state index in [2.05, 4.69) is 5.32 Å². The SMILES string of the molecule is Cc1c(NC(CO)Cc2ccccc2)cccc1[N+](=O)[O-]. The molecule has 0 radical (unpaired) electrons. The molecule has 0 aromatic heterocycles. The molecular weight excluding hydrogens is 268 g/mol. The minimum absolute atomic E-state index is 0.0446. The number of aliphatic hydroxyl groups is 1. The lowest BCUT2D eigenvalue weighted by molar-refractivity contribution is -0.385. The van der Waals surface area contributed by atoms with Crippen molar-refractivity contribution in [3.05, 3.63) is 69.8 Å². The minimum atomic E-state index is -0.397. The normalized spacial score (nSPS) is 11.9. The molecule has 0 fully saturated rings. The highest BCUT2D eigenvalue weighted by molar-refractivity contribution is 5.60. The van der Waals surface area contributed by atoms with Crippen molar-refractivity contribution in [1.29, 1.82) is 0 Å². The van der Waals surface area contributed by atoms with Crippen LogP contribution in [0.1, 0.15) is 11.1 Å². The van der Waals surface area contributed by atoms with Crippen molar-refractivity contribution in [2.24, 2.45) is 0 Å². The maximum atomic E-state index is 10.9. The predicted octanol–water partition coefficient (Wildman–Crippen LogP) is 2.92. The summed E-state index contributed by atoms with van der Waals surface area (Å²) in [5, 5.41) is 23.7. The fourth-order valence-corrected chi connectivity index (χ4v) is 2.26. The van der Waals surface area contributed by atoms with E-state index >= 15 is 0 Å². The third kappa shape index (κ3) is 3.79. The summed E-state index contributed by atoms with van der Waals surface area (Å²) in [6.07, 6.45) is 0.652. The van der Waals surface area contributed by atoms with Crippen LogP contribution in [0.3, 0.4) is 0 Å². The standard InChI is InChI=1S/C16H18N2O3/c1-12-15(8-5-9-16(12)18(20)21)17-14(11-19)10-13-6-3-2-4-7-13/h2-9,14,17,19H,10-11H2,1H3. The zero-order chi connectivity index (χ0) is 15.2. The van der Waals surface area contributed by atoms with Gasteiger partial charge in [-0.3, -0.25) is 10.1 Å². The summed E-state index contributed by atoms with van der Waals surface area (Å²) >= 11 is 0. The number of rotatable bonds is 6. The number of hydrogen-bond acceptors (Lipinski definition) is 4. The van der Waals surface area contributed by atoms with Gasteiger partial charge in [0, 0.05) is 17.3 Å². The monoisotopic (exact) mass is 286 g/mol. The van der Waals surface area contributed by atoms with Crippen molar-refractivity contribution < 1.29 is 10.0 Å². The molecule has 0 aliphatic heterocycles. The zero-order valence-corrected chi connectivity index (χ0v) is 11.8. The molecule has 0 saturated carbocycles. The molecule has 1 unspecified atom stereocenters. The summed E-state index contributed by atoms with van der Waals surface area (Å²) in [5.41, 5.74) is 2.44. The summed E-state index contributed by atoms with van der Waals surface area (Å²) in [4.78, 5) is 10.6. The molecule has 0 spiro atoms. The average molecular weight is 286 g/mol. The molecule has 0 heterocycles. The maximum Gasteiger partial charge on any atom is 0.274 e. The minimum Gasteiger partial charge on any atom is -0.394 e. The van der Waals surface area contributed by atoms with Crippen LogP contribution < -0.4 is 5.32 Å². The maximum absolute atomic E-state index is 10.9. The van der Waals surface area contributed by atoms with Crippen LogP contribution >= 0.6 is 0 Å². The average Bonchev–Trinajstić information content (AvgIpc) is 2.49. The molecule has 2 aromatic carbocycles. The van der Waals surface area contributed by atoms with Crippen LogP contribution in [0.5, 0.6) is 0 Å². The Bertz CT molecular complexity index is 614. The second-order valence-corrected chi connectivity index (χ2v) is 4.92. The van der Waals surface area contributed by atoms with Crippen LogP contribution in [-0.2, 0) is 6.42 Å². The van der Waals surface area contributed by atoms with E-state index in [1.165, 1.54) is 6.07 Å². The third-order valence-electron chi connectivity index (χ3n) is 3.41. The molecule has 2 rings (SSSR count). The first kappa shape index (κ1) is 15.0. The molecule has 110 valence electrons. The van der Waals surface area contributed by atoms with Gasteiger partial charge in [0.15, 0.2) is 0 Å². The Morgan fingerprint density at radius 3 is 2.52 bits per heavy atom. The summed E-state index contributed by atoms with van der Waals surface area (Å²) in [5.74, 6) is 0. The largest absolute Gasteiger partial charge is 0.394 e. The molecule has 0 amide bonds. The van der Waals surface area contributed by atoms with Gasteiger partial charge in [0.25, 0.3) is 5.69 Å². The van der Waals surface area contributed by atoms with Crippen molar-refractivity contribution >= 4 is 11.4 Å². The van der Waals surface area contributed by atoms with Crippen molar-refractivity contribution in [3.8, 4) is 0 Å². The molecule has 2 N–H and O–H groups in total. The van der Waals surface area contributed by atoms with Crippen LogP contribution in [0, 0.1) is 17.0 Å². The van der Waals surface area contributed by atoms with Crippen LogP contribution in [0.4, 0.5) is 11.4 Å². The van der Waals surface area contributed by atoms with Gasteiger partial charge in [-0.2, -0.15) is 0 Å². The summed E-state index contributed by atoms with van der Waals surface area (Å²) in [6.45, 7) is 1.66. The fraction of sp³-hybridized carbons (Fsp3) is 0.250. The van der Waals surface area contributed by atoms with E-state index in [1.54, 1.807) is 19.1 Å². The Kier molecular flexibility index (Phi) is 4.90. The van der Waals surface area contributed by atoms with Gasteiger partial charge >= 0.3 is 0 Å². The second-order valence-electron chi connectivity index (χ2n) is 4.92. The smallest absolute Gasteiger partial charge is 0.274 e. The first-order valence-electron chi connectivity index (χ1n) is 6.77. The molecule has 0 saturated heterocycles. The van der Waals surface area contributed by atoms with Crippen molar-refractivity contribution in [3.63, 3.8) is 0 Å². The lowest BCUT2D eigenvalue weighted by atomic mass is 10.1. The van der Waals surface area contributed by atoms with Gasteiger partial charge in [-0.1, -0.05) is 36.4 Å². The van der Waals surface area contributed by atoms with E-state index in [1.807, 2.05) is 30.3 Å². The number of hydrogen-bond donors (Lipinski definition) is 2. The Hall–Kier alpha value is -2.40. The molecule has 21 heavy (non-hydrogen) atoms. The lowest BCUT2D eigenvalue weighted by Gasteiger charge is -2.19. The highest BCUT2D eigenvalue weighted by atomic mass is 16.6. The fourth-order valence-electron chi connectivity index (χ4n) is 2.26. The van der Waals surface area contributed by atoms with Gasteiger partial charge in [-0.25, -0.2) is 0 Å². The topological polar surface area (TPSA) is 75.4 Å². The Labute approximate surface area is 123 Å². The van der Waals surface area contributed by atoms with Gasteiger partial charge in [-0.15, -0.1) is 0 Å². The van der Waals surface area contributed by atoms with E-state index < -0.39 is 4.92 Å². The first-order valence-corrected chi connectivity index (χ1v) is 6.77. The number of nitrogens with zero attached hydrogens (tertiary/aromatic N) is 1.